The molecule has 2 aromatic carbocycles. The Bertz CT molecular complexity index is 3770. The molecule has 0 aliphatic carbocycles. The molecule has 4 aromatic heterocycles. The van der Waals surface area contributed by atoms with E-state index in [4.69, 9.17) is 61.6 Å². The van der Waals surface area contributed by atoms with Crippen LogP contribution in [-0.2, 0) is 79.6 Å². The second-order valence-electron chi connectivity index (χ2n) is 25.6. The van der Waals surface area contributed by atoms with Crippen molar-refractivity contribution in [3.63, 3.8) is 0 Å². The first kappa shape index (κ1) is 89.2. The molecule has 6 heterocycles. The molecule has 4 N–H and O–H groups in total. The van der Waals surface area contributed by atoms with Crippen molar-refractivity contribution in [3.05, 3.63) is 113 Å². The highest BCUT2D eigenvalue weighted by molar-refractivity contribution is 6.45. The Hall–Kier alpha value is -8.37. The van der Waals surface area contributed by atoms with Crippen molar-refractivity contribution < 1.29 is 109 Å². The summed E-state index contributed by atoms with van der Waals surface area (Å²) in [5, 5.41) is 46.0. The molecule has 0 bridgehead atoms. The number of ether oxygens (including phenoxy) is 14. The number of pyridine rings is 1. The van der Waals surface area contributed by atoms with Gasteiger partial charge < -0.3 is 96.6 Å². The van der Waals surface area contributed by atoms with Crippen molar-refractivity contribution in [2.45, 2.75) is 51.3 Å². The molecule has 6 aromatic rings. The lowest BCUT2D eigenvalue weighted by atomic mass is 9.93. The molecular formula is C75H105F3N14O20. The van der Waals surface area contributed by atoms with Crippen molar-refractivity contribution in [3.8, 4) is 23.4 Å². The van der Waals surface area contributed by atoms with E-state index in [1.165, 1.54) is 35.4 Å². The number of hydrogen-bond acceptors (Lipinski definition) is 29. The highest BCUT2D eigenvalue weighted by Crippen LogP contribution is 2.33. The summed E-state index contributed by atoms with van der Waals surface area (Å²) in [6.45, 7) is 16.7. The quantitative estimate of drug-likeness (QED) is 0.0106. The number of aromatic amines is 1. The number of Topliss-reactive ketones (excluding diaryl/α,β-unsaturated/α-hetero) is 1. The number of nitrogens with zero attached hydrogens (tertiary/aromatic N) is 12. The number of carbonyl (C=O) groups is 4. The molecule has 0 unspecified atom stereocenters. The van der Waals surface area contributed by atoms with Gasteiger partial charge in [-0.2, -0.15) is 9.94 Å². The van der Waals surface area contributed by atoms with Crippen molar-refractivity contribution in [2.24, 2.45) is 0 Å². The number of piperazine rings is 1. The van der Waals surface area contributed by atoms with Crippen LogP contribution in [0.2, 0.25) is 0 Å². The largest absolute Gasteiger partial charge is 0.494 e. The molecule has 37 heteroatoms. The Kier molecular flexibility index (Phi) is 41.5. The number of fused-ring (bicyclic) bond motifs is 1. The van der Waals surface area contributed by atoms with E-state index in [9.17, 15) is 47.8 Å². The molecule has 112 heavy (non-hydrogen) atoms. The molecule has 8 rings (SSSR count). The molecule has 0 saturated carbocycles. The maximum Gasteiger partial charge on any atom is 0.313 e. The summed E-state index contributed by atoms with van der Waals surface area (Å²) in [6, 6.07) is 12.1. The summed E-state index contributed by atoms with van der Waals surface area (Å²) < 4.78 is 120. The van der Waals surface area contributed by atoms with E-state index >= 15 is 0 Å². The van der Waals surface area contributed by atoms with Crippen LogP contribution in [0.1, 0.15) is 64.3 Å². The second kappa shape index (κ2) is 52.1. The summed E-state index contributed by atoms with van der Waals surface area (Å²) in [6.07, 6.45) is 8.01. The number of benzene rings is 2. The SMILES string of the molecule is COc1cnc(-n2cnc(C(=O)NCCCN(CCCN3CCN(CCOCCOCCOCCOCc4cn(CCOCCOCCOCCOCCOCCOCCOCCOCCC(=O)Oc5c(F)cc(F)cc5F)nn4)CC3)C(CO)CO)n2)c2[nH]cc(C(=O)C(=O)N3CCC(=C(C#N)c4ccccc4)CC3)c12. The van der Waals surface area contributed by atoms with Crippen LogP contribution in [0.15, 0.2) is 73.0 Å². The normalized spacial score (nSPS) is 13.6. The number of aliphatic hydroxyl groups excluding tert-OH is 2. The molecule has 2 aliphatic heterocycles. The van der Waals surface area contributed by atoms with Gasteiger partial charge in [-0.1, -0.05) is 35.5 Å². The Labute approximate surface area is 648 Å². The number of aliphatic hydroxyl groups is 2. The number of methoxy groups -OCH3 is 1. The summed E-state index contributed by atoms with van der Waals surface area (Å²) in [7, 11) is 1.43. The summed E-state index contributed by atoms with van der Waals surface area (Å²) in [5.41, 5.74) is 3.47. The number of rotatable bonds is 59. The van der Waals surface area contributed by atoms with Gasteiger partial charge >= 0.3 is 5.97 Å². The van der Waals surface area contributed by atoms with Gasteiger partial charge in [-0.25, -0.2) is 27.8 Å². The Morgan fingerprint density at radius 2 is 1.18 bits per heavy atom. The van der Waals surface area contributed by atoms with Gasteiger partial charge in [-0.05, 0) is 49.9 Å². The minimum absolute atomic E-state index is 0.0521. The number of allylic oxidation sites excluding steroid dienone is 1. The fraction of sp³-hybridized carbons (Fsp3) is 0.600. The first-order chi connectivity index (χ1) is 54.9. The average molecular weight is 1580 g/mol. The van der Waals surface area contributed by atoms with Crippen molar-refractivity contribution in [1.29, 1.82) is 5.26 Å². The van der Waals surface area contributed by atoms with Crippen LogP contribution in [0.3, 0.4) is 0 Å². The topological polar surface area (TPSA) is 377 Å². The van der Waals surface area contributed by atoms with Gasteiger partial charge in [0.05, 0.1) is 238 Å². The predicted molar refractivity (Wildman–Crippen MR) is 396 cm³/mol. The summed E-state index contributed by atoms with van der Waals surface area (Å²) in [4.78, 5) is 72.8. The van der Waals surface area contributed by atoms with E-state index in [2.05, 4.69) is 61.2 Å². The lowest BCUT2D eigenvalue weighted by Gasteiger charge is -2.35. The number of amides is 2. The molecule has 0 radical (unpaired) electrons. The predicted octanol–water partition coefficient (Wildman–Crippen LogP) is 3.12. The molecule has 0 atom stereocenters. The number of carbonyl (C=O) groups excluding carboxylic acids is 4. The van der Waals surface area contributed by atoms with E-state index in [-0.39, 0.29) is 82.0 Å². The van der Waals surface area contributed by atoms with Crippen LogP contribution in [0.5, 0.6) is 11.5 Å². The zero-order valence-electron chi connectivity index (χ0n) is 63.6. The molecule has 2 fully saturated rings. The monoisotopic (exact) mass is 1580 g/mol. The van der Waals surface area contributed by atoms with E-state index < -0.39 is 52.8 Å². The average Bonchev–Trinajstić information content (AvgIpc) is 1.61. The van der Waals surface area contributed by atoms with Crippen LogP contribution in [0, 0.1) is 28.8 Å². The molecule has 34 nitrogen and oxygen atoms in total. The highest BCUT2D eigenvalue weighted by Gasteiger charge is 2.31. The zero-order chi connectivity index (χ0) is 79.2. The third kappa shape index (κ3) is 31.2. The highest BCUT2D eigenvalue weighted by atomic mass is 19.1. The van der Waals surface area contributed by atoms with Crippen LogP contribution >= 0.6 is 0 Å². The fourth-order valence-corrected chi connectivity index (χ4v) is 11.9. The molecular weight excluding hydrogens is 1470 g/mol. The number of hydrogen-bond donors (Lipinski definition) is 4. The first-order valence-corrected chi connectivity index (χ1v) is 37.7. The van der Waals surface area contributed by atoms with E-state index in [0.29, 0.717) is 212 Å². The van der Waals surface area contributed by atoms with Gasteiger partial charge in [-0.15, -0.1) is 10.2 Å². The van der Waals surface area contributed by atoms with Crippen LogP contribution in [-0.4, -0.2) is 343 Å². The molecule has 2 saturated heterocycles. The molecule has 2 amide bonds. The number of nitrogens with one attached hydrogen (secondary N) is 2. The maximum atomic E-state index is 13.9. The Morgan fingerprint density at radius 3 is 1.73 bits per heavy atom. The number of aromatic nitrogens is 8. The number of nitriles is 1. The number of likely N-dealkylation sites (tertiary alicyclic amines) is 1. The number of esters is 1. The van der Waals surface area contributed by atoms with E-state index in [1.807, 2.05) is 36.5 Å². The van der Waals surface area contributed by atoms with Gasteiger partial charge in [0.1, 0.15) is 23.6 Å². The van der Waals surface area contributed by atoms with Crippen LogP contribution < -0.4 is 14.8 Å². The second-order valence-corrected chi connectivity index (χ2v) is 25.6. The lowest BCUT2D eigenvalue weighted by molar-refractivity contribution is -0.136. The minimum atomic E-state index is -1.31. The molecule has 616 valence electrons. The Balaban J connectivity index is 0.547. The number of halogens is 3. The fourth-order valence-electron chi connectivity index (χ4n) is 11.9. The van der Waals surface area contributed by atoms with Gasteiger partial charge in [-0.3, -0.25) is 29.0 Å². The Morgan fingerprint density at radius 1 is 0.652 bits per heavy atom. The first-order valence-electron chi connectivity index (χ1n) is 37.7. The standard InChI is InChI=1S/C75H105F3N14O20/c1-99-66-51-82-73(69-68(66)63(50-81-69)70(96)75(98)90-16-9-58(10-17-90)62(49-79)57-7-3-2-4-8-57)92-56-83-72(85-92)74(97)80-12-5-14-89(61(53-93)54-94)15-6-13-87-18-20-88(21-19-87)22-25-101-28-31-104-43-44-110-45-46-111-55-60-52-91(86-84-60)23-26-102-29-32-105-34-36-107-38-40-109-42-41-108-39-37-106-35-33-103-30-27-100-24-11-67(95)112-71-64(77)47-59(76)48-65(71)78/h2-4,7-8,47-48,50-52,56,61,81,93-94H,5-6,9-46,53-55H2,1H3,(H,80,97). The van der Waals surface area contributed by atoms with E-state index in [0.717, 1.165) is 56.8 Å². The minimum Gasteiger partial charge on any atom is -0.494 e. The van der Waals surface area contributed by atoms with Gasteiger partial charge in [0, 0.05) is 77.2 Å². The molecule has 2 aliphatic rings. The summed E-state index contributed by atoms with van der Waals surface area (Å²) in [5.74, 6) is -7.20. The lowest BCUT2D eigenvalue weighted by Crippen LogP contribution is -2.48. The number of H-pyrrole nitrogens is 1. The third-order valence-electron chi connectivity index (χ3n) is 17.8. The zero-order valence-corrected chi connectivity index (χ0v) is 63.6. The van der Waals surface area contributed by atoms with Crippen molar-refractivity contribution in [2.75, 3.05) is 244 Å². The van der Waals surface area contributed by atoms with Gasteiger partial charge in [0.2, 0.25) is 11.6 Å². The van der Waals surface area contributed by atoms with Crippen molar-refractivity contribution in [1.82, 2.24) is 64.6 Å². The van der Waals surface area contributed by atoms with Gasteiger partial charge in [0.25, 0.3) is 17.6 Å². The van der Waals surface area contributed by atoms with Crippen molar-refractivity contribution >= 4 is 40.0 Å². The van der Waals surface area contributed by atoms with Crippen LogP contribution in [0.4, 0.5) is 13.2 Å². The third-order valence-corrected chi connectivity index (χ3v) is 17.8. The van der Waals surface area contributed by atoms with Gasteiger partial charge in [0.15, 0.2) is 17.5 Å². The van der Waals surface area contributed by atoms with Crippen LogP contribution in [0.25, 0.3) is 22.3 Å². The molecule has 0 spiro atoms. The van der Waals surface area contributed by atoms with E-state index in [1.54, 1.807) is 4.68 Å². The smallest absolute Gasteiger partial charge is 0.313 e. The summed E-state index contributed by atoms with van der Waals surface area (Å²) >= 11 is 0. The number of ketones is 1. The number of piperidine rings is 1. The maximum absolute atomic E-state index is 13.9.